The van der Waals surface area contributed by atoms with E-state index in [1.807, 2.05) is 13.8 Å². The Balaban J connectivity index is 1.55. The molecule has 0 spiro atoms. The molecule has 1 fully saturated rings. The van der Waals surface area contributed by atoms with Crippen molar-refractivity contribution in [3.05, 3.63) is 18.2 Å². The van der Waals surface area contributed by atoms with Crippen molar-refractivity contribution in [2.75, 3.05) is 32.9 Å². The first-order valence-electron chi connectivity index (χ1n) is 9.63. The highest BCUT2D eigenvalue weighted by Gasteiger charge is 2.33. The zero-order valence-electron chi connectivity index (χ0n) is 16.5. The molecule has 29 heavy (non-hydrogen) atoms. The molecule has 3 rings (SSSR count). The average Bonchev–Trinajstić information content (AvgIpc) is 2.71. The summed E-state index contributed by atoms with van der Waals surface area (Å²) in [6.45, 7) is 4.52. The molecule has 1 aromatic rings. The van der Waals surface area contributed by atoms with Gasteiger partial charge in [-0.25, -0.2) is 8.42 Å². The van der Waals surface area contributed by atoms with Crippen LogP contribution >= 0.6 is 0 Å². The molecule has 160 valence electrons. The van der Waals surface area contributed by atoms with Gasteiger partial charge in [0.05, 0.1) is 10.8 Å². The van der Waals surface area contributed by atoms with Gasteiger partial charge in [-0.2, -0.15) is 4.31 Å². The number of carbonyl (C=O) groups excluding carboxylic acids is 2. The number of benzene rings is 1. The van der Waals surface area contributed by atoms with Crippen LogP contribution in [0, 0.1) is 5.92 Å². The van der Waals surface area contributed by atoms with E-state index in [-0.39, 0.29) is 36.5 Å². The van der Waals surface area contributed by atoms with E-state index in [0.717, 1.165) is 0 Å². The maximum atomic E-state index is 12.9. The number of hydrogen-bond donors (Lipinski definition) is 1. The molecule has 0 bridgehead atoms. The molecule has 2 aliphatic heterocycles. The Morgan fingerprint density at radius 1 is 1.17 bits per heavy atom. The summed E-state index contributed by atoms with van der Waals surface area (Å²) in [5, 5.41) is 2.64. The topological polar surface area (TPSA) is 111 Å². The third-order valence-electron chi connectivity index (χ3n) is 4.73. The number of piperidine rings is 1. The molecule has 1 N–H and O–H groups in total. The first-order chi connectivity index (χ1) is 13.8. The Morgan fingerprint density at radius 2 is 1.83 bits per heavy atom. The maximum Gasteiger partial charge on any atom is 0.309 e. The van der Waals surface area contributed by atoms with Crippen LogP contribution in [0.2, 0.25) is 0 Å². The Hall–Kier alpha value is -2.33. The van der Waals surface area contributed by atoms with Crippen molar-refractivity contribution in [2.45, 2.75) is 37.6 Å². The standard InChI is InChI=1S/C19H26N2O7S/c1-13(2)20-18(22)12-28-19(23)14-5-7-21(8-6-14)29(24,25)15-3-4-16-17(11-15)27-10-9-26-16/h3-4,11,13-14H,5-10,12H2,1-2H3,(H,20,22). The second-order valence-corrected chi connectivity index (χ2v) is 9.25. The lowest BCUT2D eigenvalue weighted by molar-refractivity contribution is -0.153. The third-order valence-corrected chi connectivity index (χ3v) is 6.63. The number of nitrogens with one attached hydrogen (secondary N) is 1. The van der Waals surface area contributed by atoms with Crippen molar-refractivity contribution >= 4 is 21.9 Å². The van der Waals surface area contributed by atoms with Gasteiger partial charge >= 0.3 is 5.97 Å². The molecule has 1 aromatic carbocycles. The van der Waals surface area contributed by atoms with E-state index in [1.54, 1.807) is 6.07 Å². The van der Waals surface area contributed by atoms with Crippen LogP contribution in [0.15, 0.2) is 23.1 Å². The smallest absolute Gasteiger partial charge is 0.309 e. The first kappa shape index (κ1) is 21.4. The van der Waals surface area contributed by atoms with Crippen LogP contribution in [0.3, 0.4) is 0 Å². The summed E-state index contributed by atoms with van der Waals surface area (Å²) in [5.74, 6) is -0.311. The molecule has 0 atom stereocenters. The van der Waals surface area contributed by atoms with E-state index >= 15 is 0 Å². The van der Waals surface area contributed by atoms with E-state index in [4.69, 9.17) is 14.2 Å². The van der Waals surface area contributed by atoms with Crippen LogP contribution in [-0.4, -0.2) is 63.6 Å². The fraction of sp³-hybridized carbons (Fsp3) is 0.579. The van der Waals surface area contributed by atoms with Crippen LogP contribution in [0.1, 0.15) is 26.7 Å². The molecule has 2 aliphatic rings. The van der Waals surface area contributed by atoms with Gasteiger partial charge in [0.15, 0.2) is 18.1 Å². The average molecular weight is 426 g/mol. The van der Waals surface area contributed by atoms with E-state index in [1.165, 1.54) is 16.4 Å². The minimum atomic E-state index is -3.70. The number of sulfonamides is 1. The van der Waals surface area contributed by atoms with Gasteiger partial charge in [0.25, 0.3) is 5.91 Å². The van der Waals surface area contributed by atoms with Gasteiger partial charge in [-0.15, -0.1) is 0 Å². The molecular weight excluding hydrogens is 400 g/mol. The summed E-state index contributed by atoms with van der Waals surface area (Å²) in [4.78, 5) is 23.9. The molecule has 0 unspecified atom stereocenters. The van der Waals surface area contributed by atoms with E-state index in [2.05, 4.69) is 5.32 Å². The van der Waals surface area contributed by atoms with Crippen molar-refractivity contribution in [3.63, 3.8) is 0 Å². The second-order valence-electron chi connectivity index (χ2n) is 7.31. The van der Waals surface area contributed by atoms with Crippen molar-refractivity contribution < 1.29 is 32.2 Å². The van der Waals surface area contributed by atoms with Gasteiger partial charge in [0.1, 0.15) is 13.2 Å². The Morgan fingerprint density at radius 3 is 2.48 bits per heavy atom. The summed E-state index contributed by atoms with van der Waals surface area (Å²) in [7, 11) is -3.70. The van der Waals surface area contributed by atoms with Crippen molar-refractivity contribution in [1.82, 2.24) is 9.62 Å². The fourth-order valence-corrected chi connectivity index (χ4v) is 4.77. The zero-order chi connectivity index (χ0) is 21.0. The molecule has 0 radical (unpaired) electrons. The number of esters is 1. The summed E-state index contributed by atoms with van der Waals surface area (Å²) >= 11 is 0. The van der Waals surface area contributed by atoms with Crippen LogP contribution in [0.25, 0.3) is 0 Å². The van der Waals surface area contributed by atoms with Crippen LogP contribution in [0.4, 0.5) is 0 Å². The second kappa shape index (κ2) is 9.00. The highest BCUT2D eigenvalue weighted by atomic mass is 32.2. The Bertz CT molecular complexity index is 861. The molecule has 1 amide bonds. The number of nitrogens with zero attached hydrogens (tertiary/aromatic N) is 1. The third kappa shape index (κ3) is 5.18. The number of hydrogen-bond acceptors (Lipinski definition) is 7. The summed E-state index contributed by atoms with van der Waals surface area (Å²) in [6.07, 6.45) is 0.683. The normalized spacial score (nSPS) is 17.8. The molecule has 1 saturated heterocycles. The van der Waals surface area contributed by atoms with Crippen molar-refractivity contribution in [3.8, 4) is 11.5 Å². The number of amides is 1. The molecule has 10 heteroatoms. The lowest BCUT2D eigenvalue weighted by Gasteiger charge is -2.30. The Labute approximate surface area is 170 Å². The van der Waals surface area contributed by atoms with E-state index in [0.29, 0.717) is 37.6 Å². The molecule has 0 aromatic heterocycles. The summed E-state index contributed by atoms with van der Waals surface area (Å²) in [5.41, 5.74) is 0. The SMILES string of the molecule is CC(C)NC(=O)COC(=O)C1CCN(S(=O)(=O)c2ccc3c(c2)OCCO3)CC1. The van der Waals surface area contributed by atoms with Gasteiger partial charge in [-0.3, -0.25) is 9.59 Å². The highest BCUT2D eigenvalue weighted by molar-refractivity contribution is 7.89. The largest absolute Gasteiger partial charge is 0.486 e. The lowest BCUT2D eigenvalue weighted by atomic mass is 9.98. The minimum Gasteiger partial charge on any atom is -0.486 e. The number of carbonyl (C=O) groups is 2. The number of ether oxygens (including phenoxy) is 3. The van der Waals surface area contributed by atoms with Gasteiger partial charge in [-0.1, -0.05) is 0 Å². The molecule has 0 aliphatic carbocycles. The fourth-order valence-electron chi connectivity index (χ4n) is 3.28. The van der Waals surface area contributed by atoms with Gasteiger partial charge < -0.3 is 19.5 Å². The van der Waals surface area contributed by atoms with Gasteiger partial charge in [0, 0.05) is 25.2 Å². The first-order valence-corrected chi connectivity index (χ1v) is 11.1. The molecule has 0 saturated carbocycles. The summed E-state index contributed by atoms with van der Waals surface area (Å²) < 4.78 is 43.2. The van der Waals surface area contributed by atoms with Crippen LogP contribution in [0.5, 0.6) is 11.5 Å². The molecule has 9 nitrogen and oxygen atoms in total. The lowest BCUT2D eigenvalue weighted by Crippen LogP contribution is -2.41. The summed E-state index contributed by atoms with van der Waals surface area (Å²) in [6, 6.07) is 4.53. The number of rotatable bonds is 6. The zero-order valence-corrected chi connectivity index (χ0v) is 17.4. The predicted octanol–water partition coefficient (Wildman–Crippen LogP) is 0.926. The quantitative estimate of drug-likeness (QED) is 0.674. The predicted molar refractivity (Wildman–Crippen MR) is 103 cm³/mol. The van der Waals surface area contributed by atoms with E-state index < -0.39 is 21.9 Å². The van der Waals surface area contributed by atoms with Gasteiger partial charge in [0.2, 0.25) is 10.0 Å². The Kier molecular flexibility index (Phi) is 6.63. The monoisotopic (exact) mass is 426 g/mol. The van der Waals surface area contributed by atoms with Crippen molar-refractivity contribution in [1.29, 1.82) is 0 Å². The van der Waals surface area contributed by atoms with Gasteiger partial charge in [-0.05, 0) is 38.8 Å². The van der Waals surface area contributed by atoms with Crippen LogP contribution in [-0.2, 0) is 24.3 Å². The van der Waals surface area contributed by atoms with Crippen LogP contribution < -0.4 is 14.8 Å². The van der Waals surface area contributed by atoms with Crippen molar-refractivity contribution in [2.24, 2.45) is 5.92 Å². The van der Waals surface area contributed by atoms with E-state index in [9.17, 15) is 18.0 Å². The molecule has 2 heterocycles. The highest BCUT2D eigenvalue weighted by Crippen LogP contribution is 2.34. The molecular formula is C19H26N2O7S. The number of fused-ring (bicyclic) bond motifs is 1. The maximum absolute atomic E-state index is 12.9. The minimum absolute atomic E-state index is 0.0322.